The molecule has 22 heavy (non-hydrogen) atoms. The molecule has 1 amide bonds. The van der Waals surface area contributed by atoms with Gasteiger partial charge in [-0.05, 0) is 29.8 Å². The van der Waals surface area contributed by atoms with Crippen LogP contribution in [0.25, 0.3) is 0 Å². The zero-order chi connectivity index (χ0) is 16.0. The number of rotatable bonds is 5. The first-order valence-electron chi connectivity index (χ1n) is 6.40. The van der Waals surface area contributed by atoms with Crippen molar-refractivity contribution in [3.8, 4) is 0 Å². The second kappa shape index (κ2) is 7.04. The van der Waals surface area contributed by atoms with Crippen LogP contribution in [0, 0.1) is 0 Å². The van der Waals surface area contributed by atoms with E-state index in [0.717, 1.165) is 0 Å². The van der Waals surface area contributed by atoms with Crippen molar-refractivity contribution in [2.24, 2.45) is 0 Å². The topological polar surface area (TPSA) is 51.2 Å². The van der Waals surface area contributed by atoms with Gasteiger partial charge in [0.25, 0.3) is 5.91 Å². The Balaban J connectivity index is 1.90. The van der Waals surface area contributed by atoms with Gasteiger partial charge in [-0.2, -0.15) is 13.2 Å². The SMILES string of the molecule is O=C(Nc1ccccn1)c1ccc(COCC(F)(F)F)cc1. The molecule has 0 aliphatic heterocycles. The lowest BCUT2D eigenvalue weighted by Crippen LogP contribution is -2.16. The number of halogens is 3. The van der Waals surface area contributed by atoms with Crippen molar-refractivity contribution in [3.05, 3.63) is 59.8 Å². The highest BCUT2D eigenvalue weighted by molar-refractivity contribution is 6.03. The minimum absolute atomic E-state index is 0.165. The van der Waals surface area contributed by atoms with E-state index in [4.69, 9.17) is 0 Å². The van der Waals surface area contributed by atoms with Gasteiger partial charge in [0.15, 0.2) is 0 Å². The number of carbonyl (C=O) groups is 1. The summed E-state index contributed by atoms with van der Waals surface area (Å²) < 4.78 is 40.4. The molecule has 0 saturated carbocycles. The Morgan fingerprint density at radius 1 is 1.14 bits per heavy atom. The summed E-state index contributed by atoms with van der Waals surface area (Å²) in [4.78, 5) is 15.9. The molecule has 1 aromatic carbocycles. The Hall–Kier alpha value is -2.41. The van der Waals surface area contributed by atoms with Gasteiger partial charge in [-0.25, -0.2) is 4.98 Å². The molecule has 0 unspecified atom stereocenters. The van der Waals surface area contributed by atoms with Gasteiger partial charge in [0.1, 0.15) is 12.4 Å². The number of alkyl halides is 3. The van der Waals surface area contributed by atoms with E-state index in [1.54, 1.807) is 36.5 Å². The van der Waals surface area contributed by atoms with Crippen molar-refractivity contribution in [1.82, 2.24) is 4.98 Å². The zero-order valence-corrected chi connectivity index (χ0v) is 11.4. The average Bonchev–Trinajstić information content (AvgIpc) is 2.47. The van der Waals surface area contributed by atoms with E-state index in [9.17, 15) is 18.0 Å². The third kappa shape index (κ3) is 5.17. The average molecular weight is 310 g/mol. The fraction of sp³-hybridized carbons (Fsp3) is 0.200. The third-order valence-corrected chi connectivity index (χ3v) is 2.66. The largest absolute Gasteiger partial charge is 0.411 e. The van der Waals surface area contributed by atoms with E-state index in [-0.39, 0.29) is 12.5 Å². The first-order valence-corrected chi connectivity index (χ1v) is 6.40. The highest BCUT2D eigenvalue weighted by Gasteiger charge is 2.27. The summed E-state index contributed by atoms with van der Waals surface area (Å²) >= 11 is 0. The van der Waals surface area contributed by atoms with Crippen LogP contribution in [0.1, 0.15) is 15.9 Å². The molecule has 0 saturated heterocycles. The van der Waals surface area contributed by atoms with Gasteiger partial charge in [0, 0.05) is 11.8 Å². The third-order valence-electron chi connectivity index (χ3n) is 2.66. The molecule has 0 aliphatic rings. The maximum Gasteiger partial charge on any atom is 0.411 e. The molecule has 0 radical (unpaired) electrons. The molecule has 1 N–H and O–H groups in total. The van der Waals surface area contributed by atoms with Crippen LogP contribution in [0.2, 0.25) is 0 Å². The van der Waals surface area contributed by atoms with Crippen LogP contribution in [0.3, 0.4) is 0 Å². The second-order valence-corrected chi connectivity index (χ2v) is 4.47. The molecule has 2 aromatic rings. The fourth-order valence-electron chi connectivity index (χ4n) is 1.66. The number of hydrogen-bond acceptors (Lipinski definition) is 3. The quantitative estimate of drug-likeness (QED) is 0.920. The number of ether oxygens (including phenoxy) is 1. The monoisotopic (exact) mass is 310 g/mol. The van der Waals surface area contributed by atoms with Crippen LogP contribution >= 0.6 is 0 Å². The Bertz CT molecular complexity index is 613. The van der Waals surface area contributed by atoms with Gasteiger partial charge in [-0.3, -0.25) is 4.79 Å². The van der Waals surface area contributed by atoms with Crippen LogP contribution in [0.15, 0.2) is 48.7 Å². The van der Waals surface area contributed by atoms with Crippen LogP contribution in [0.4, 0.5) is 19.0 Å². The molecule has 7 heteroatoms. The number of pyridine rings is 1. The number of amides is 1. The molecule has 116 valence electrons. The molecule has 2 rings (SSSR count). The smallest absolute Gasteiger partial charge is 0.367 e. The summed E-state index contributed by atoms with van der Waals surface area (Å²) in [5.41, 5.74) is 0.934. The van der Waals surface area contributed by atoms with E-state index in [1.165, 1.54) is 12.1 Å². The molecule has 1 aromatic heterocycles. The number of benzene rings is 1. The highest BCUT2D eigenvalue weighted by Crippen LogP contribution is 2.16. The van der Waals surface area contributed by atoms with E-state index in [1.807, 2.05) is 0 Å². The van der Waals surface area contributed by atoms with Crippen LogP contribution in [0.5, 0.6) is 0 Å². The van der Waals surface area contributed by atoms with Crippen LogP contribution in [-0.4, -0.2) is 23.7 Å². The van der Waals surface area contributed by atoms with Crippen molar-refractivity contribution in [2.45, 2.75) is 12.8 Å². The second-order valence-electron chi connectivity index (χ2n) is 4.47. The molecule has 0 spiro atoms. The number of aromatic nitrogens is 1. The number of hydrogen-bond donors (Lipinski definition) is 1. The van der Waals surface area contributed by atoms with Gasteiger partial charge in [0.2, 0.25) is 0 Å². The van der Waals surface area contributed by atoms with Gasteiger partial charge in [0.05, 0.1) is 6.61 Å². The number of carbonyl (C=O) groups excluding carboxylic acids is 1. The van der Waals surface area contributed by atoms with Crippen molar-refractivity contribution in [2.75, 3.05) is 11.9 Å². The first kappa shape index (κ1) is 16.0. The van der Waals surface area contributed by atoms with E-state index < -0.39 is 12.8 Å². The zero-order valence-electron chi connectivity index (χ0n) is 11.4. The molecule has 0 aliphatic carbocycles. The Morgan fingerprint density at radius 3 is 2.45 bits per heavy atom. The minimum Gasteiger partial charge on any atom is -0.367 e. The van der Waals surface area contributed by atoms with Crippen molar-refractivity contribution in [3.63, 3.8) is 0 Å². The number of nitrogens with zero attached hydrogens (tertiary/aromatic N) is 1. The molecule has 1 heterocycles. The summed E-state index contributed by atoms with van der Waals surface area (Å²) in [5.74, 6) is 0.0755. The van der Waals surface area contributed by atoms with Crippen molar-refractivity contribution >= 4 is 11.7 Å². The summed E-state index contributed by atoms with van der Waals surface area (Å²) in [5, 5.41) is 2.61. The Kier molecular flexibility index (Phi) is 5.11. The lowest BCUT2D eigenvalue weighted by Gasteiger charge is -2.08. The normalized spacial score (nSPS) is 11.2. The van der Waals surface area contributed by atoms with Gasteiger partial charge >= 0.3 is 6.18 Å². The highest BCUT2D eigenvalue weighted by atomic mass is 19.4. The van der Waals surface area contributed by atoms with Crippen molar-refractivity contribution in [1.29, 1.82) is 0 Å². The number of anilines is 1. The molecular formula is C15H13F3N2O2. The Labute approximate surface area is 124 Å². The van der Waals surface area contributed by atoms with Gasteiger partial charge in [-0.15, -0.1) is 0 Å². The van der Waals surface area contributed by atoms with Crippen molar-refractivity contribution < 1.29 is 22.7 Å². The fourth-order valence-corrected chi connectivity index (χ4v) is 1.66. The predicted molar refractivity (Wildman–Crippen MR) is 74.3 cm³/mol. The molecule has 0 atom stereocenters. The number of nitrogens with one attached hydrogen (secondary N) is 1. The molecule has 4 nitrogen and oxygen atoms in total. The summed E-state index contributed by atoms with van der Waals surface area (Å²) in [6, 6.07) is 11.2. The van der Waals surface area contributed by atoms with Gasteiger partial charge in [-0.1, -0.05) is 18.2 Å². The minimum atomic E-state index is -4.34. The van der Waals surface area contributed by atoms with E-state index >= 15 is 0 Å². The van der Waals surface area contributed by atoms with Crippen LogP contribution in [-0.2, 0) is 11.3 Å². The first-order chi connectivity index (χ1) is 10.4. The van der Waals surface area contributed by atoms with Crippen LogP contribution < -0.4 is 5.32 Å². The van der Waals surface area contributed by atoms with E-state index in [2.05, 4.69) is 15.0 Å². The Morgan fingerprint density at radius 2 is 1.86 bits per heavy atom. The molecule has 0 bridgehead atoms. The summed E-state index contributed by atoms with van der Waals surface area (Å²) in [6.45, 7) is -1.46. The maximum absolute atomic E-state index is 12.0. The lowest BCUT2D eigenvalue weighted by atomic mass is 10.1. The predicted octanol–water partition coefficient (Wildman–Crippen LogP) is 3.41. The molecule has 0 fully saturated rings. The van der Waals surface area contributed by atoms with E-state index in [0.29, 0.717) is 16.9 Å². The summed E-state index contributed by atoms with van der Waals surface area (Å²) in [6.07, 6.45) is -2.79. The van der Waals surface area contributed by atoms with Gasteiger partial charge < -0.3 is 10.1 Å². The maximum atomic E-state index is 12.0. The standard InChI is InChI=1S/C15H13F3N2O2/c16-15(17,18)10-22-9-11-4-6-12(7-5-11)14(21)20-13-3-1-2-8-19-13/h1-8H,9-10H2,(H,19,20,21). The lowest BCUT2D eigenvalue weighted by molar-refractivity contribution is -0.176. The summed E-state index contributed by atoms with van der Waals surface area (Å²) in [7, 11) is 0. The molecular weight excluding hydrogens is 297 g/mol.